The number of aromatic nitrogens is 4. The third kappa shape index (κ3) is 3.31. The number of aromatic amines is 1. The minimum atomic E-state index is -0.278. The average Bonchev–Trinajstić information content (AvgIpc) is 3.43. The van der Waals surface area contributed by atoms with E-state index in [1.807, 2.05) is 49.4 Å². The Balaban J connectivity index is 1.37. The Morgan fingerprint density at radius 2 is 2.03 bits per heavy atom. The molecule has 8 nitrogen and oxygen atoms in total. The Kier molecular flexibility index (Phi) is 4.02. The molecule has 29 heavy (non-hydrogen) atoms. The van der Waals surface area contributed by atoms with E-state index in [1.165, 1.54) is 6.08 Å². The molecule has 0 saturated heterocycles. The molecular formula is C21H17N5O3. The van der Waals surface area contributed by atoms with Crippen molar-refractivity contribution in [1.82, 2.24) is 19.7 Å². The number of amides is 1. The molecule has 1 amide bonds. The fourth-order valence-electron chi connectivity index (χ4n) is 3.15. The van der Waals surface area contributed by atoms with Gasteiger partial charge >= 0.3 is 0 Å². The van der Waals surface area contributed by atoms with Crippen LogP contribution in [0.3, 0.4) is 0 Å². The van der Waals surface area contributed by atoms with Crippen LogP contribution in [-0.2, 0) is 4.79 Å². The van der Waals surface area contributed by atoms with Crippen LogP contribution in [0, 0.1) is 6.92 Å². The third-order valence-electron chi connectivity index (χ3n) is 4.48. The second-order valence-electron chi connectivity index (χ2n) is 6.60. The minimum absolute atomic E-state index is 0.216. The molecule has 0 radical (unpaired) electrons. The van der Waals surface area contributed by atoms with Gasteiger partial charge in [-0.1, -0.05) is 18.2 Å². The number of imidazole rings is 1. The van der Waals surface area contributed by atoms with Crippen LogP contribution in [0.2, 0.25) is 0 Å². The fourth-order valence-corrected chi connectivity index (χ4v) is 3.15. The molecule has 0 saturated carbocycles. The van der Waals surface area contributed by atoms with Crippen molar-refractivity contribution in [2.75, 3.05) is 12.1 Å². The summed E-state index contributed by atoms with van der Waals surface area (Å²) >= 11 is 0. The molecule has 144 valence electrons. The molecule has 0 bridgehead atoms. The van der Waals surface area contributed by atoms with Gasteiger partial charge in [0.25, 0.3) is 0 Å². The smallest absolute Gasteiger partial charge is 0.249 e. The Labute approximate surface area is 165 Å². The number of nitrogens with one attached hydrogen (secondary N) is 2. The molecule has 2 aromatic heterocycles. The third-order valence-corrected chi connectivity index (χ3v) is 4.48. The molecule has 2 N–H and O–H groups in total. The molecule has 1 aliphatic heterocycles. The molecule has 0 atom stereocenters. The SMILES string of the molecule is Cc1cc(NC(=O)/C=C/c2ccc3c(c2)OCO3)n(-c2nc3ccccc3[nH]2)n1. The molecule has 1 aliphatic rings. The van der Waals surface area contributed by atoms with Gasteiger partial charge in [0.15, 0.2) is 11.5 Å². The Morgan fingerprint density at radius 3 is 2.93 bits per heavy atom. The van der Waals surface area contributed by atoms with E-state index in [2.05, 4.69) is 20.4 Å². The van der Waals surface area contributed by atoms with Crippen molar-refractivity contribution in [2.45, 2.75) is 6.92 Å². The van der Waals surface area contributed by atoms with Crippen LogP contribution in [-0.4, -0.2) is 32.4 Å². The summed E-state index contributed by atoms with van der Waals surface area (Å²) in [6.45, 7) is 2.07. The molecule has 0 unspecified atom stereocenters. The van der Waals surface area contributed by atoms with Crippen molar-refractivity contribution < 1.29 is 14.3 Å². The highest BCUT2D eigenvalue weighted by Gasteiger charge is 2.14. The highest BCUT2D eigenvalue weighted by atomic mass is 16.7. The van der Waals surface area contributed by atoms with E-state index in [1.54, 1.807) is 16.8 Å². The molecule has 8 heteroatoms. The van der Waals surface area contributed by atoms with Crippen molar-refractivity contribution in [2.24, 2.45) is 0 Å². The number of nitrogens with zero attached hydrogens (tertiary/aromatic N) is 3. The normalized spacial score (nSPS) is 12.7. The number of benzene rings is 2. The van der Waals surface area contributed by atoms with Crippen LogP contribution in [0.4, 0.5) is 5.82 Å². The van der Waals surface area contributed by atoms with Crippen molar-refractivity contribution >= 4 is 28.8 Å². The molecule has 0 aliphatic carbocycles. The van der Waals surface area contributed by atoms with Gasteiger partial charge in [-0.15, -0.1) is 0 Å². The van der Waals surface area contributed by atoms with Gasteiger partial charge in [-0.05, 0) is 42.8 Å². The number of hydrogen-bond donors (Lipinski definition) is 2. The molecule has 0 spiro atoms. The van der Waals surface area contributed by atoms with Crippen LogP contribution < -0.4 is 14.8 Å². The first kappa shape index (κ1) is 17.1. The average molecular weight is 387 g/mol. The van der Waals surface area contributed by atoms with E-state index in [4.69, 9.17) is 9.47 Å². The number of carbonyl (C=O) groups is 1. The van der Waals surface area contributed by atoms with E-state index < -0.39 is 0 Å². The number of anilines is 1. The van der Waals surface area contributed by atoms with Crippen molar-refractivity contribution in [3.05, 3.63) is 65.9 Å². The highest BCUT2D eigenvalue weighted by molar-refractivity contribution is 6.01. The first-order valence-electron chi connectivity index (χ1n) is 9.06. The summed E-state index contributed by atoms with van der Waals surface area (Å²) in [5.74, 6) is 2.17. The predicted molar refractivity (Wildman–Crippen MR) is 108 cm³/mol. The summed E-state index contributed by atoms with van der Waals surface area (Å²) in [5, 5.41) is 7.30. The maximum Gasteiger partial charge on any atom is 0.249 e. The first-order valence-corrected chi connectivity index (χ1v) is 9.06. The van der Waals surface area contributed by atoms with Gasteiger partial charge in [-0.3, -0.25) is 4.79 Å². The highest BCUT2D eigenvalue weighted by Crippen LogP contribution is 2.32. The van der Waals surface area contributed by atoms with Gasteiger partial charge < -0.3 is 19.8 Å². The van der Waals surface area contributed by atoms with E-state index in [-0.39, 0.29) is 12.7 Å². The van der Waals surface area contributed by atoms with Gasteiger partial charge in [0.05, 0.1) is 16.7 Å². The standard InChI is InChI=1S/C21H17N5O3/c1-13-10-19(26(25-13)21-22-15-4-2-3-5-16(15)23-21)24-20(27)9-7-14-6-8-17-18(11-14)29-12-28-17/h2-11H,12H2,1H3,(H,22,23)(H,24,27)/b9-7+. The number of aryl methyl sites for hydroxylation is 1. The largest absolute Gasteiger partial charge is 0.454 e. The molecule has 4 aromatic rings. The van der Waals surface area contributed by atoms with Crippen molar-refractivity contribution in [1.29, 1.82) is 0 Å². The molecular weight excluding hydrogens is 370 g/mol. The molecule has 3 heterocycles. The number of H-pyrrole nitrogens is 1. The fraction of sp³-hybridized carbons (Fsp3) is 0.0952. The van der Waals surface area contributed by atoms with E-state index in [0.717, 1.165) is 22.3 Å². The van der Waals surface area contributed by atoms with Crippen LogP contribution in [0.1, 0.15) is 11.3 Å². The van der Waals surface area contributed by atoms with Gasteiger partial charge in [-0.25, -0.2) is 4.98 Å². The summed E-state index contributed by atoms with van der Waals surface area (Å²) in [5.41, 5.74) is 3.33. The number of ether oxygens (including phenoxy) is 2. The Hall–Kier alpha value is -4.07. The summed E-state index contributed by atoms with van der Waals surface area (Å²) in [4.78, 5) is 20.2. The quantitative estimate of drug-likeness (QED) is 0.523. The number of hydrogen-bond acceptors (Lipinski definition) is 5. The zero-order valence-electron chi connectivity index (χ0n) is 15.5. The lowest BCUT2D eigenvalue weighted by Gasteiger charge is -2.04. The number of fused-ring (bicyclic) bond motifs is 2. The second-order valence-corrected chi connectivity index (χ2v) is 6.60. The number of carbonyl (C=O) groups excluding carboxylic acids is 1. The topological polar surface area (TPSA) is 94.1 Å². The minimum Gasteiger partial charge on any atom is -0.454 e. The van der Waals surface area contributed by atoms with E-state index in [0.29, 0.717) is 23.3 Å². The summed E-state index contributed by atoms with van der Waals surface area (Å²) in [6.07, 6.45) is 3.18. The lowest BCUT2D eigenvalue weighted by Crippen LogP contribution is -2.13. The summed E-state index contributed by atoms with van der Waals surface area (Å²) in [7, 11) is 0. The maximum atomic E-state index is 12.5. The lowest BCUT2D eigenvalue weighted by atomic mass is 10.2. The Morgan fingerprint density at radius 1 is 1.17 bits per heavy atom. The van der Waals surface area contributed by atoms with Crippen molar-refractivity contribution in [3.8, 4) is 17.4 Å². The summed E-state index contributed by atoms with van der Waals surface area (Å²) < 4.78 is 12.2. The monoisotopic (exact) mass is 387 g/mol. The van der Waals surface area contributed by atoms with Crippen molar-refractivity contribution in [3.63, 3.8) is 0 Å². The van der Waals surface area contributed by atoms with Crippen LogP contribution in [0.25, 0.3) is 23.1 Å². The van der Waals surface area contributed by atoms with Gasteiger partial charge in [0, 0.05) is 12.1 Å². The van der Waals surface area contributed by atoms with Gasteiger partial charge in [-0.2, -0.15) is 9.78 Å². The lowest BCUT2D eigenvalue weighted by molar-refractivity contribution is -0.111. The van der Waals surface area contributed by atoms with Crippen LogP contribution >= 0.6 is 0 Å². The second kappa shape index (κ2) is 6.83. The predicted octanol–water partition coefficient (Wildman–Crippen LogP) is 3.44. The maximum absolute atomic E-state index is 12.5. The molecule has 2 aromatic carbocycles. The van der Waals surface area contributed by atoms with E-state index in [9.17, 15) is 4.79 Å². The zero-order valence-corrected chi connectivity index (χ0v) is 15.5. The van der Waals surface area contributed by atoms with Gasteiger partial charge in [0.1, 0.15) is 5.82 Å². The first-order chi connectivity index (χ1) is 14.2. The molecule has 5 rings (SSSR count). The van der Waals surface area contributed by atoms with Crippen LogP contribution in [0.5, 0.6) is 11.5 Å². The Bertz CT molecular complexity index is 1220. The van der Waals surface area contributed by atoms with Gasteiger partial charge in [0.2, 0.25) is 18.6 Å². The van der Waals surface area contributed by atoms with E-state index >= 15 is 0 Å². The summed E-state index contributed by atoms with van der Waals surface area (Å²) in [6, 6.07) is 15.0. The van der Waals surface area contributed by atoms with Crippen LogP contribution in [0.15, 0.2) is 54.6 Å². The number of rotatable bonds is 4. The molecule has 0 fully saturated rings. The number of para-hydroxylation sites is 2. The zero-order chi connectivity index (χ0) is 19.8.